The van der Waals surface area contributed by atoms with E-state index in [1.165, 1.54) is 195 Å². The van der Waals surface area contributed by atoms with Crippen LogP contribution in [0.5, 0.6) is 23.0 Å². The predicted molar refractivity (Wildman–Crippen MR) is 387 cm³/mol. The van der Waals surface area contributed by atoms with Crippen molar-refractivity contribution in [3.8, 4) is 89.8 Å². The summed E-state index contributed by atoms with van der Waals surface area (Å²) in [6.45, 7) is 22.7. The molecule has 0 amide bonds. The third kappa shape index (κ3) is 13.1. The Morgan fingerprint density at radius 3 is 0.719 bits per heavy atom. The molecule has 0 bridgehead atoms. The highest BCUT2D eigenvalue weighted by molar-refractivity contribution is 7.69. The molecule has 4 aliphatic rings. The Morgan fingerprint density at radius 1 is 0.292 bits per heavy atom. The Balaban J connectivity index is 1.46. The van der Waals surface area contributed by atoms with Crippen LogP contribution in [0.4, 0.5) is 0 Å². The fourth-order valence-corrected chi connectivity index (χ4v) is 25.7. The molecule has 89 heavy (non-hydrogen) atoms. The number of benzene rings is 7. The highest BCUT2D eigenvalue weighted by Gasteiger charge is 2.43. The largest absolute Gasteiger partial charge is 0.496 e. The van der Waals surface area contributed by atoms with Crippen LogP contribution in [0.2, 0.25) is 0 Å². The first-order valence-electron chi connectivity index (χ1n) is 35.0. The molecular weight excluding hydrogens is 1120 g/mol. The molecule has 6 heteroatoms. The van der Waals surface area contributed by atoms with Gasteiger partial charge in [0.1, 0.15) is 23.0 Å². The zero-order chi connectivity index (χ0) is 62.5. The molecule has 472 valence electrons. The number of rotatable bonds is 20. The minimum Gasteiger partial charge on any atom is -0.496 e. The van der Waals surface area contributed by atoms with E-state index in [0.29, 0.717) is 22.6 Å². The maximum Gasteiger partial charge on any atom is 0.126 e. The molecule has 0 spiro atoms. The third-order valence-corrected chi connectivity index (χ3v) is 28.5. The van der Waals surface area contributed by atoms with E-state index in [1.54, 1.807) is 16.2 Å². The van der Waals surface area contributed by atoms with Gasteiger partial charge in [-0.05, 0) is 230 Å². The van der Waals surface area contributed by atoms with Crippen LogP contribution in [0, 0.1) is 6.92 Å². The Morgan fingerprint density at radius 2 is 0.506 bits per heavy atom. The first kappa shape index (κ1) is 65.1. The van der Waals surface area contributed by atoms with Crippen LogP contribution in [0.25, 0.3) is 66.8 Å². The van der Waals surface area contributed by atoms with E-state index in [9.17, 15) is 0 Å². The van der Waals surface area contributed by atoms with Crippen LogP contribution in [-0.2, 0) is 0 Å². The van der Waals surface area contributed by atoms with Gasteiger partial charge >= 0.3 is 0 Å². The zero-order valence-electron chi connectivity index (χ0n) is 56.8. The number of hydrogen-bond acceptors (Lipinski definition) is 4. The lowest BCUT2D eigenvalue weighted by atomic mass is 9.74. The first-order chi connectivity index (χ1) is 43.3. The van der Waals surface area contributed by atoms with E-state index in [0.717, 1.165) is 45.3 Å². The third-order valence-electron chi connectivity index (χ3n) is 21.2. The molecule has 0 heterocycles. The van der Waals surface area contributed by atoms with Crippen molar-refractivity contribution in [3.63, 3.8) is 0 Å². The Hall–Kier alpha value is -5.40. The molecule has 4 nitrogen and oxygen atoms in total. The SMILES string of the molecule is COc1ccccc1-c1cc(-c2ccccc2OC)c(C(C)C)c(-c2cc(-c3c(C(C)C)c(-c4ccccc4OC)cc(-c4ccccc4OC)c3C(C)C)c(P(C3CCCCC3)C3CCCCC3)c(C)c2P(C2CCCCC2)C2CCCCC2)c1C(C)C. The monoisotopic (exact) mass is 1230 g/mol. The summed E-state index contributed by atoms with van der Waals surface area (Å²) >= 11 is 0. The normalized spacial score (nSPS) is 16.8. The van der Waals surface area contributed by atoms with E-state index in [4.69, 9.17) is 18.9 Å². The average molecular weight is 1230 g/mol. The lowest BCUT2D eigenvalue weighted by Crippen LogP contribution is -2.35. The van der Waals surface area contributed by atoms with Crippen LogP contribution < -0.4 is 29.6 Å². The second kappa shape index (κ2) is 29.5. The molecule has 4 fully saturated rings. The minimum atomic E-state index is -0.634. The van der Waals surface area contributed by atoms with E-state index in [2.05, 4.69) is 178 Å². The topological polar surface area (TPSA) is 36.9 Å². The van der Waals surface area contributed by atoms with Gasteiger partial charge in [-0.2, -0.15) is 0 Å². The van der Waals surface area contributed by atoms with Crippen LogP contribution in [-0.4, -0.2) is 51.1 Å². The Labute approximate surface area is 540 Å². The van der Waals surface area contributed by atoms with Gasteiger partial charge in [-0.15, -0.1) is 0 Å². The lowest BCUT2D eigenvalue weighted by Gasteiger charge is -2.45. The van der Waals surface area contributed by atoms with Gasteiger partial charge in [-0.1, -0.05) is 221 Å². The summed E-state index contributed by atoms with van der Waals surface area (Å²) in [5.41, 5.74) is 25.8. The number of hydrogen-bond donors (Lipinski definition) is 0. The van der Waals surface area contributed by atoms with Crippen molar-refractivity contribution in [3.05, 3.63) is 143 Å². The van der Waals surface area contributed by atoms with Crippen molar-refractivity contribution >= 4 is 26.5 Å². The van der Waals surface area contributed by atoms with Gasteiger partial charge in [-0.3, -0.25) is 0 Å². The van der Waals surface area contributed by atoms with E-state index < -0.39 is 15.8 Å². The maximum absolute atomic E-state index is 6.48. The fourth-order valence-electron chi connectivity index (χ4n) is 17.4. The molecule has 4 aliphatic carbocycles. The first-order valence-corrected chi connectivity index (χ1v) is 38.0. The summed E-state index contributed by atoms with van der Waals surface area (Å²) in [6, 6.07) is 43.6. The van der Waals surface area contributed by atoms with Crippen molar-refractivity contribution < 1.29 is 18.9 Å². The molecule has 0 N–H and O–H groups in total. The zero-order valence-corrected chi connectivity index (χ0v) is 58.5. The average Bonchev–Trinajstić information content (AvgIpc) is 0.742. The van der Waals surface area contributed by atoms with E-state index in [-0.39, 0.29) is 23.7 Å². The highest BCUT2D eigenvalue weighted by atomic mass is 31.1. The molecule has 0 saturated heterocycles. The summed E-state index contributed by atoms with van der Waals surface area (Å²) in [5, 5.41) is 3.57. The van der Waals surface area contributed by atoms with E-state index in [1.807, 2.05) is 28.4 Å². The molecule has 0 atom stereocenters. The number of ether oxygens (including phenoxy) is 4. The number of para-hydroxylation sites is 4. The molecular formula is C83H106O4P2. The van der Waals surface area contributed by atoms with Gasteiger partial charge in [0.05, 0.1) is 28.4 Å². The summed E-state index contributed by atoms with van der Waals surface area (Å²) < 4.78 is 25.9. The molecule has 0 unspecified atom stereocenters. The van der Waals surface area contributed by atoms with Gasteiger partial charge in [0.15, 0.2) is 0 Å². The van der Waals surface area contributed by atoms with Crippen molar-refractivity contribution in [1.29, 1.82) is 0 Å². The molecule has 11 rings (SSSR count). The van der Waals surface area contributed by atoms with E-state index >= 15 is 0 Å². The Bertz CT molecular complexity index is 3130. The van der Waals surface area contributed by atoms with Crippen molar-refractivity contribution in [1.82, 2.24) is 0 Å². The summed E-state index contributed by atoms with van der Waals surface area (Å²) in [7, 11) is 6.18. The van der Waals surface area contributed by atoms with Crippen LogP contribution >= 0.6 is 15.8 Å². The molecule has 7 aromatic carbocycles. The van der Waals surface area contributed by atoms with Crippen molar-refractivity contribution in [2.75, 3.05) is 28.4 Å². The van der Waals surface area contributed by atoms with Gasteiger partial charge in [0, 0.05) is 22.3 Å². The standard InChI is InChI=1S/C83H106O4P2/c1-53(2)76-66(62-42-26-30-46-72(62)84-10)50-67(63-43-27-31-47-73(63)85-11)77(54(3)4)80(76)70-52-71(81-78(55(5)6)68(64-44-28-32-48-74(64)86-12)51-69(79(81)56(7)8)65-45-29-33-49-75(65)87-13)83(89(60-38-22-16-23-39-60)61-40-24-17-25-41-61)57(9)82(70)88(58-34-18-14-19-35-58)59-36-20-15-21-37-59/h26-33,42-56,58-61H,14-25,34-41H2,1-13H3. The molecule has 7 aromatic rings. The van der Waals surface area contributed by atoms with Crippen LogP contribution in [0.15, 0.2) is 115 Å². The van der Waals surface area contributed by atoms with Crippen molar-refractivity contribution in [2.24, 2.45) is 0 Å². The lowest BCUT2D eigenvalue weighted by molar-refractivity contribution is 0.416. The molecule has 4 saturated carbocycles. The molecule has 0 aliphatic heterocycles. The van der Waals surface area contributed by atoms with Gasteiger partial charge in [-0.25, -0.2) is 0 Å². The minimum absolute atomic E-state index is 0.172. The molecule has 0 aromatic heterocycles. The van der Waals surface area contributed by atoms with Crippen LogP contribution in [0.1, 0.15) is 235 Å². The Kier molecular flexibility index (Phi) is 21.6. The maximum atomic E-state index is 6.48. The van der Waals surface area contributed by atoms with Gasteiger partial charge in [0.25, 0.3) is 0 Å². The second-order valence-electron chi connectivity index (χ2n) is 28.0. The summed E-state index contributed by atoms with van der Waals surface area (Å²) in [4.78, 5) is 0. The second-order valence-corrected chi connectivity index (χ2v) is 33.5. The highest BCUT2D eigenvalue weighted by Crippen LogP contribution is 2.64. The fraction of sp³-hybridized carbons (Fsp3) is 0.494. The van der Waals surface area contributed by atoms with Crippen molar-refractivity contribution in [2.45, 2.75) is 237 Å². The summed E-state index contributed by atoms with van der Waals surface area (Å²) in [6.07, 6.45) is 27.0. The predicted octanol–water partition coefficient (Wildman–Crippen LogP) is 24.1. The molecule has 0 radical (unpaired) electrons. The summed E-state index contributed by atoms with van der Waals surface area (Å²) in [5.74, 6) is 4.33. The van der Waals surface area contributed by atoms with Gasteiger partial charge in [0.2, 0.25) is 0 Å². The van der Waals surface area contributed by atoms with Crippen LogP contribution in [0.3, 0.4) is 0 Å². The van der Waals surface area contributed by atoms with Gasteiger partial charge < -0.3 is 18.9 Å². The quantitative estimate of drug-likeness (QED) is 0.0713. The smallest absolute Gasteiger partial charge is 0.126 e. The number of methoxy groups -OCH3 is 4.